The number of esters is 1. The molecule has 0 radical (unpaired) electrons. The lowest BCUT2D eigenvalue weighted by Crippen LogP contribution is -2.33. The number of hydrogen-bond donors (Lipinski definition) is 4. The Hall–Kier alpha value is -5.84. The highest BCUT2D eigenvalue weighted by Crippen LogP contribution is 2.30. The smallest absolute Gasteiger partial charge is 0.330 e. The van der Waals surface area contributed by atoms with Crippen LogP contribution in [0.4, 0.5) is 0 Å². The number of amides is 2. The summed E-state index contributed by atoms with van der Waals surface area (Å²) >= 11 is 0. The molecule has 0 atom stereocenters. The summed E-state index contributed by atoms with van der Waals surface area (Å²) in [6.45, 7) is -1.26. The first kappa shape index (κ1) is 26.8. The molecule has 2 heterocycles. The number of carbonyl (C=O) groups excluding carboxylic acids is 3. The van der Waals surface area contributed by atoms with E-state index in [0.29, 0.717) is 10.8 Å². The number of rotatable bonds is 8. The van der Waals surface area contributed by atoms with Gasteiger partial charge in [-0.05, 0) is 42.0 Å². The largest absolute Gasteiger partial charge is 0.507 e. The van der Waals surface area contributed by atoms with E-state index in [0.717, 1.165) is 11.1 Å². The molecule has 11 nitrogen and oxygen atoms in total. The van der Waals surface area contributed by atoms with Crippen molar-refractivity contribution >= 4 is 45.6 Å². The van der Waals surface area contributed by atoms with Gasteiger partial charge in [-0.2, -0.15) is 0 Å². The molecule has 5 rings (SSSR count). The summed E-state index contributed by atoms with van der Waals surface area (Å²) in [4.78, 5) is 58.0. The van der Waals surface area contributed by atoms with Crippen molar-refractivity contribution in [2.45, 2.75) is 0 Å². The van der Waals surface area contributed by atoms with Crippen molar-refractivity contribution < 1.29 is 34.1 Å². The van der Waals surface area contributed by atoms with Gasteiger partial charge in [0.1, 0.15) is 35.7 Å². The zero-order valence-electron chi connectivity index (χ0n) is 21.3. The lowest BCUT2D eigenvalue weighted by Gasteiger charge is -2.13. The number of phenolic OH excluding ortho intramolecular Hbond substituents is 1. The lowest BCUT2D eigenvalue weighted by atomic mass is 10.0. The van der Waals surface area contributed by atoms with Crippen molar-refractivity contribution in [3.63, 3.8) is 0 Å². The molecular weight excluding hydrogens is 528 g/mol. The first-order valence-corrected chi connectivity index (χ1v) is 12.4. The third-order valence-electron chi connectivity index (χ3n) is 6.15. The second-order valence-electron chi connectivity index (χ2n) is 8.87. The van der Waals surface area contributed by atoms with Crippen LogP contribution in [0.5, 0.6) is 11.5 Å². The summed E-state index contributed by atoms with van der Waals surface area (Å²) < 4.78 is 5.37. The summed E-state index contributed by atoms with van der Waals surface area (Å²) in [6, 6.07) is 20.7. The Bertz CT molecular complexity index is 1820. The first-order chi connectivity index (χ1) is 19.8. The van der Waals surface area contributed by atoms with Crippen molar-refractivity contribution in [2.75, 3.05) is 13.1 Å². The standard InChI is InChI=1S/C30H22N4O7/c35-21-10-8-19-13-20(17-5-2-1-3-6-17)14-32-28(19)25(21)29(39)34-16-24(38)41-22-11-9-18-7-4-12-31-27(18)26(22)30(40)33-15-23(36)37/h1-14,35H,15-16H2,(H,33,40)(H,34,39)(H,36,37). The number of aliphatic carboxylic acids is 1. The minimum Gasteiger partial charge on any atom is -0.507 e. The lowest BCUT2D eigenvalue weighted by molar-refractivity contribution is -0.136. The Balaban J connectivity index is 1.35. The van der Waals surface area contributed by atoms with E-state index in [1.807, 2.05) is 36.4 Å². The fourth-order valence-electron chi connectivity index (χ4n) is 4.28. The molecule has 0 spiro atoms. The van der Waals surface area contributed by atoms with Crippen molar-refractivity contribution in [1.82, 2.24) is 20.6 Å². The molecule has 0 saturated carbocycles. The maximum absolute atomic E-state index is 13.0. The minimum absolute atomic E-state index is 0.112. The monoisotopic (exact) mass is 550 g/mol. The first-order valence-electron chi connectivity index (χ1n) is 12.4. The molecule has 0 aliphatic heterocycles. The van der Waals surface area contributed by atoms with Crippen LogP contribution in [0, 0.1) is 0 Å². The van der Waals surface area contributed by atoms with E-state index in [1.54, 1.807) is 30.5 Å². The zero-order chi connectivity index (χ0) is 28.9. The van der Waals surface area contributed by atoms with Gasteiger partial charge in [-0.1, -0.05) is 36.4 Å². The van der Waals surface area contributed by atoms with Gasteiger partial charge in [0.25, 0.3) is 11.8 Å². The Kier molecular flexibility index (Phi) is 7.50. The second kappa shape index (κ2) is 11.5. The summed E-state index contributed by atoms with van der Waals surface area (Å²) in [7, 11) is 0. The van der Waals surface area contributed by atoms with Crippen molar-refractivity contribution in [3.8, 4) is 22.6 Å². The number of aromatic hydroxyl groups is 1. The van der Waals surface area contributed by atoms with Gasteiger partial charge in [-0.3, -0.25) is 24.4 Å². The van der Waals surface area contributed by atoms with Crippen LogP contribution in [-0.4, -0.2) is 57.0 Å². The number of nitrogens with one attached hydrogen (secondary N) is 2. The van der Waals surface area contributed by atoms with Crippen LogP contribution in [0.1, 0.15) is 20.7 Å². The van der Waals surface area contributed by atoms with Crippen LogP contribution in [0.3, 0.4) is 0 Å². The second-order valence-corrected chi connectivity index (χ2v) is 8.87. The molecule has 5 aromatic rings. The molecule has 4 N–H and O–H groups in total. The third kappa shape index (κ3) is 5.78. The summed E-state index contributed by atoms with van der Waals surface area (Å²) in [5.41, 5.74) is 1.96. The highest BCUT2D eigenvalue weighted by molar-refractivity contribution is 6.10. The van der Waals surface area contributed by atoms with E-state index < -0.39 is 36.8 Å². The van der Waals surface area contributed by atoms with E-state index in [2.05, 4.69) is 20.6 Å². The number of carboxylic acid groups (broad SMARTS) is 1. The van der Waals surface area contributed by atoms with E-state index in [1.165, 1.54) is 18.3 Å². The quantitative estimate of drug-likeness (QED) is 0.167. The van der Waals surface area contributed by atoms with Gasteiger partial charge < -0.3 is 25.6 Å². The van der Waals surface area contributed by atoms with Crippen molar-refractivity contribution in [2.24, 2.45) is 0 Å². The van der Waals surface area contributed by atoms with Crippen LogP contribution < -0.4 is 15.4 Å². The highest BCUT2D eigenvalue weighted by atomic mass is 16.5. The van der Waals surface area contributed by atoms with Gasteiger partial charge >= 0.3 is 11.9 Å². The fourth-order valence-corrected chi connectivity index (χ4v) is 4.28. The molecule has 0 saturated heterocycles. The normalized spacial score (nSPS) is 10.7. The third-order valence-corrected chi connectivity index (χ3v) is 6.15. The molecule has 41 heavy (non-hydrogen) atoms. The number of carbonyl (C=O) groups is 4. The average Bonchev–Trinajstić information content (AvgIpc) is 2.98. The number of nitrogens with zero attached hydrogens (tertiary/aromatic N) is 2. The summed E-state index contributed by atoms with van der Waals surface area (Å²) in [5.74, 6) is -4.22. The number of carboxylic acids is 1. The molecule has 11 heteroatoms. The van der Waals surface area contributed by atoms with E-state index in [9.17, 15) is 24.3 Å². The van der Waals surface area contributed by atoms with Gasteiger partial charge in [0.05, 0.1) is 11.0 Å². The molecule has 0 bridgehead atoms. The number of hydrogen-bond acceptors (Lipinski definition) is 8. The van der Waals surface area contributed by atoms with Gasteiger partial charge in [0, 0.05) is 28.7 Å². The minimum atomic E-state index is -1.25. The number of pyridine rings is 2. The van der Waals surface area contributed by atoms with Crippen LogP contribution in [-0.2, 0) is 9.59 Å². The van der Waals surface area contributed by atoms with Crippen LogP contribution in [0.15, 0.2) is 85.2 Å². The molecular formula is C30H22N4O7. The maximum Gasteiger partial charge on any atom is 0.330 e. The van der Waals surface area contributed by atoms with Crippen molar-refractivity contribution in [1.29, 1.82) is 0 Å². The van der Waals surface area contributed by atoms with Gasteiger partial charge in [0.15, 0.2) is 0 Å². The zero-order valence-corrected chi connectivity index (χ0v) is 21.3. The molecule has 204 valence electrons. The Morgan fingerprint density at radius 2 is 1.44 bits per heavy atom. The summed E-state index contributed by atoms with van der Waals surface area (Å²) in [6.07, 6.45) is 3.03. The van der Waals surface area contributed by atoms with E-state index in [4.69, 9.17) is 9.84 Å². The highest BCUT2D eigenvalue weighted by Gasteiger charge is 2.22. The average molecular weight is 551 g/mol. The molecule has 2 aromatic heterocycles. The Morgan fingerprint density at radius 3 is 2.22 bits per heavy atom. The van der Waals surface area contributed by atoms with Crippen LogP contribution in [0.2, 0.25) is 0 Å². The maximum atomic E-state index is 13.0. The molecule has 2 amide bonds. The fraction of sp³-hybridized carbons (Fsp3) is 0.0667. The Labute approximate surface area is 232 Å². The number of fused-ring (bicyclic) bond motifs is 2. The summed E-state index contributed by atoms with van der Waals surface area (Å²) in [5, 5.41) is 25.2. The topological polar surface area (TPSA) is 168 Å². The number of benzene rings is 3. The predicted octanol–water partition coefficient (Wildman–Crippen LogP) is 3.31. The molecule has 0 fully saturated rings. The number of aromatic nitrogens is 2. The molecule has 0 aliphatic carbocycles. The number of phenols is 1. The molecule has 0 unspecified atom stereocenters. The predicted molar refractivity (Wildman–Crippen MR) is 149 cm³/mol. The van der Waals surface area contributed by atoms with Crippen LogP contribution in [0.25, 0.3) is 32.9 Å². The Morgan fingerprint density at radius 1 is 0.732 bits per heavy atom. The van der Waals surface area contributed by atoms with E-state index in [-0.39, 0.29) is 33.7 Å². The van der Waals surface area contributed by atoms with Crippen LogP contribution >= 0.6 is 0 Å². The van der Waals surface area contributed by atoms with Gasteiger partial charge in [0.2, 0.25) is 0 Å². The van der Waals surface area contributed by atoms with Gasteiger partial charge in [-0.15, -0.1) is 0 Å². The SMILES string of the molecule is O=C(O)CNC(=O)c1c(OC(=O)CNC(=O)c2c(O)ccc3cc(-c4ccccc4)cnc23)ccc2cccnc12. The number of ether oxygens (including phenoxy) is 1. The van der Waals surface area contributed by atoms with Gasteiger partial charge in [-0.25, -0.2) is 4.79 Å². The van der Waals surface area contributed by atoms with Crippen molar-refractivity contribution in [3.05, 3.63) is 96.3 Å². The molecule has 3 aromatic carbocycles. The molecule has 0 aliphatic rings. The van der Waals surface area contributed by atoms with E-state index >= 15 is 0 Å².